The molecule has 0 bridgehead atoms. The summed E-state index contributed by atoms with van der Waals surface area (Å²) in [5, 5.41) is 2.75. The van der Waals surface area contributed by atoms with Gasteiger partial charge in [-0.25, -0.2) is 31.1 Å². The smallest absolute Gasteiger partial charge is 0.317 e. The predicted octanol–water partition coefficient (Wildman–Crippen LogP) is 3.42. The Morgan fingerprint density at radius 1 is 1.12 bits per heavy atom. The number of likely N-dealkylation sites (tertiary alicyclic amines) is 1. The molecule has 1 aliphatic heterocycles. The first-order valence-electron chi connectivity index (χ1n) is 10.9. The van der Waals surface area contributed by atoms with Crippen molar-refractivity contribution in [2.75, 3.05) is 12.3 Å². The van der Waals surface area contributed by atoms with Gasteiger partial charge in [-0.2, -0.15) is 0 Å². The van der Waals surface area contributed by atoms with Crippen LogP contribution in [0.4, 0.5) is 18.0 Å². The number of nitrogens with one attached hydrogen (secondary N) is 2. The number of urea groups is 1. The highest BCUT2D eigenvalue weighted by Gasteiger charge is 2.60. The summed E-state index contributed by atoms with van der Waals surface area (Å²) in [6.07, 6.45) is 0.730. The minimum Gasteiger partial charge on any atom is -0.338 e. The number of carbonyl (C=O) groups excluding carboxylic acids is 1. The molecule has 178 valence electrons. The molecule has 1 saturated heterocycles. The van der Waals surface area contributed by atoms with Gasteiger partial charge in [0.2, 0.25) is 10.0 Å². The molecule has 2 aliphatic rings. The number of hydrogen-bond donors (Lipinski definition) is 2. The third-order valence-electron chi connectivity index (χ3n) is 6.33. The van der Waals surface area contributed by atoms with Gasteiger partial charge in [-0.15, -0.1) is 0 Å². The number of sulfonamides is 1. The minimum absolute atomic E-state index is 0.0318. The van der Waals surface area contributed by atoms with Crippen molar-refractivity contribution < 1.29 is 26.4 Å². The maximum atomic E-state index is 15.5. The molecule has 33 heavy (non-hydrogen) atoms. The Bertz CT molecular complexity index is 1150. The van der Waals surface area contributed by atoms with E-state index in [0.29, 0.717) is 19.0 Å². The molecule has 6 nitrogen and oxygen atoms in total. The Morgan fingerprint density at radius 2 is 1.82 bits per heavy atom. The highest BCUT2D eigenvalue weighted by Crippen LogP contribution is 2.49. The number of fused-ring (bicyclic) bond motifs is 1. The lowest BCUT2D eigenvalue weighted by Gasteiger charge is -2.32. The summed E-state index contributed by atoms with van der Waals surface area (Å²) < 4.78 is 70.2. The zero-order chi connectivity index (χ0) is 23.9. The number of carbonyl (C=O) groups is 1. The molecule has 10 heteroatoms. The molecular formula is C23H26F3N3O3S. The van der Waals surface area contributed by atoms with Gasteiger partial charge >= 0.3 is 6.03 Å². The second-order valence-electron chi connectivity index (χ2n) is 8.46. The van der Waals surface area contributed by atoms with Crippen molar-refractivity contribution in [1.82, 2.24) is 14.9 Å². The molecule has 1 heterocycles. The Balaban J connectivity index is 1.69. The van der Waals surface area contributed by atoms with E-state index in [0.717, 1.165) is 12.1 Å². The highest BCUT2D eigenvalue weighted by atomic mass is 32.2. The van der Waals surface area contributed by atoms with E-state index < -0.39 is 39.6 Å². The van der Waals surface area contributed by atoms with E-state index in [4.69, 9.17) is 0 Å². The van der Waals surface area contributed by atoms with E-state index in [1.54, 1.807) is 24.0 Å². The molecule has 1 aliphatic carbocycles. The van der Waals surface area contributed by atoms with E-state index in [-0.39, 0.29) is 46.9 Å². The van der Waals surface area contributed by atoms with Crippen LogP contribution in [0.15, 0.2) is 36.4 Å². The summed E-state index contributed by atoms with van der Waals surface area (Å²) in [6, 6.07) is 5.78. The fourth-order valence-electron chi connectivity index (χ4n) is 4.73. The zero-order valence-electron chi connectivity index (χ0n) is 18.3. The van der Waals surface area contributed by atoms with Gasteiger partial charge in [-0.1, -0.05) is 18.2 Å². The van der Waals surface area contributed by atoms with Crippen LogP contribution in [0.1, 0.15) is 25.8 Å². The molecule has 0 unspecified atom stereocenters. The van der Waals surface area contributed by atoms with E-state index in [1.165, 1.54) is 13.0 Å². The van der Waals surface area contributed by atoms with Crippen LogP contribution in [0.3, 0.4) is 0 Å². The number of benzene rings is 2. The first-order chi connectivity index (χ1) is 15.6. The van der Waals surface area contributed by atoms with Crippen molar-refractivity contribution in [3.63, 3.8) is 0 Å². The Hall–Kier alpha value is -2.59. The molecule has 2 fully saturated rings. The summed E-state index contributed by atoms with van der Waals surface area (Å²) in [5.74, 6) is -2.44. The van der Waals surface area contributed by atoms with Crippen molar-refractivity contribution in [3.05, 3.63) is 59.4 Å². The molecular weight excluding hydrogens is 455 g/mol. The number of hydrogen-bond acceptors (Lipinski definition) is 3. The van der Waals surface area contributed by atoms with E-state index in [9.17, 15) is 22.0 Å². The number of amides is 2. The standard InChI is InChI=1S/C23H26F3N3O3S/c1-3-27-23(30)29-19-12-18(19)22(28-33(31,32)4-2)20(29)10-13-6-5-7-17(21(13)26)14-8-15(24)11-16(25)9-14/h5-9,11,18-20,22,28H,3-4,10,12H2,1-2H3,(H,27,30)/t18-,19+,20+,22+/m1/s1. The van der Waals surface area contributed by atoms with Crippen molar-refractivity contribution in [1.29, 1.82) is 0 Å². The fraction of sp³-hybridized carbons (Fsp3) is 0.435. The van der Waals surface area contributed by atoms with E-state index >= 15 is 4.39 Å². The van der Waals surface area contributed by atoms with Gasteiger partial charge in [0, 0.05) is 30.3 Å². The van der Waals surface area contributed by atoms with Gasteiger partial charge in [-0.3, -0.25) is 0 Å². The van der Waals surface area contributed by atoms with Crippen molar-refractivity contribution >= 4 is 16.1 Å². The van der Waals surface area contributed by atoms with E-state index in [2.05, 4.69) is 10.0 Å². The van der Waals surface area contributed by atoms with Crippen LogP contribution in [0.2, 0.25) is 0 Å². The Morgan fingerprint density at radius 3 is 2.45 bits per heavy atom. The molecule has 4 rings (SSSR count). The van der Waals surface area contributed by atoms with Crippen LogP contribution in [-0.2, 0) is 16.4 Å². The molecule has 0 spiro atoms. The molecule has 1 saturated carbocycles. The van der Waals surface area contributed by atoms with Gasteiger partial charge < -0.3 is 10.2 Å². The van der Waals surface area contributed by atoms with Gasteiger partial charge in [0.25, 0.3) is 0 Å². The van der Waals surface area contributed by atoms with Crippen LogP contribution >= 0.6 is 0 Å². The average molecular weight is 482 g/mol. The van der Waals surface area contributed by atoms with Gasteiger partial charge in [0.1, 0.15) is 17.5 Å². The molecule has 4 atom stereocenters. The summed E-state index contributed by atoms with van der Waals surface area (Å²) in [5.41, 5.74) is 0.327. The van der Waals surface area contributed by atoms with Crippen molar-refractivity contribution in [2.45, 2.75) is 44.8 Å². The van der Waals surface area contributed by atoms with Crippen molar-refractivity contribution in [2.24, 2.45) is 5.92 Å². The van der Waals surface area contributed by atoms with Crippen LogP contribution in [0.25, 0.3) is 11.1 Å². The predicted molar refractivity (Wildman–Crippen MR) is 118 cm³/mol. The van der Waals surface area contributed by atoms with Crippen LogP contribution in [0.5, 0.6) is 0 Å². The Labute approximate surface area is 191 Å². The second kappa shape index (κ2) is 8.98. The van der Waals surface area contributed by atoms with Crippen molar-refractivity contribution in [3.8, 4) is 11.1 Å². The second-order valence-corrected chi connectivity index (χ2v) is 10.5. The quantitative estimate of drug-likeness (QED) is 0.636. The lowest BCUT2D eigenvalue weighted by atomic mass is 9.94. The summed E-state index contributed by atoms with van der Waals surface area (Å²) in [7, 11) is -3.55. The zero-order valence-corrected chi connectivity index (χ0v) is 19.1. The summed E-state index contributed by atoms with van der Waals surface area (Å²) in [6.45, 7) is 3.71. The molecule has 2 N–H and O–H groups in total. The maximum Gasteiger partial charge on any atom is 0.317 e. The molecule has 2 aromatic rings. The Kier molecular flexibility index (Phi) is 6.41. The lowest BCUT2D eigenvalue weighted by Crippen LogP contribution is -2.53. The van der Waals surface area contributed by atoms with Gasteiger partial charge in [0.05, 0.1) is 11.8 Å². The molecule has 2 aromatic carbocycles. The molecule has 2 amide bonds. The monoisotopic (exact) mass is 481 g/mol. The lowest BCUT2D eigenvalue weighted by molar-refractivity contribution is 0.176. The largest absolute Gasteiger partial charge is 0.338 e. The normalized spacial score (nSPS) is 24.0. The summed E-state index contributed by atoms with van der Waals surface area (Å²) in [4.78, 5) is 14.4. The maximum absolute atomic E-state index is 15.5. The molecule has 0 aromatic heterocycles. The molecule has 0 radical (unpaired) electrons. The third kappa shape index (κ3) is 4.72. The number of piperidine rings is 1. The third-order valence-corrected chi connectivity index (χ3v) is 7.73. The van der Waals surface area contributed by atoms with Crippen LogP contribution in [0, 0.1) is 23.4 Å². The first-order valence-corrected chi connectivity index (χ1v) is 12.6. The SMILES string of the molecule is CCNC(=O)N1[C@H]2C[C@H]2[C@H](NS(=O)(=O)CC)[C@@H]1Cc1cccc(-c2cc(F)cc(F)c2)c1F. The van der Waals surface area contributed by atoms with Crippen LogP contribution < -0.4 is 10.0 Å². The van der Waals surface area contributed by atoms with E-state index in [1.807, 2.05) is 0 Å². The highest BCUT2D eigenvalue weighted by molar-refractivity contribution is 7.89. The van der Waals surface area contributed by atoms with Gasteiger partial charge in [-0.05, 0) is 55.9 Å². The average Bonchev–Trinajstić information content (AvgIpc) is 3.47. The number of nitrogens with zero attached hydrogens (tertiary/aromatic N) is 1. The number of halogens is 3. The fourth-order valence-corrected chi connectivity index (χ4v) is 5.64. The topological polar surface area (TPSA) is 78.5 Å². The van der Waals surface area contributed by atoms with Crippen LogP contribution in [-0.4, -0.2) is 49.8 Å². The summed E-state index contributed by atoms with van der Waals surface area (Å²) >= 11 is 0. The minimum atomic E-state index is -3.55. The number of rotatable bonds is 7. The first kappa shape index (κ1) is 23.6. The van der Waals surface area contributed by atoms with Gasteiger partial charge in [0.15, 0.2) is 0 Å².